The molecule has 0 aliphatic carbocycles. The van der Waals surface area contributed by atoms with Crippen LogP contribution in [0.15, 0.2) is 48.8 Å². The first-order valence-electron chi connectivity index (χ1n) is 11.0. The summed E-state index contributed by atoms with van der Waals surface area (Å²) in [4.78, 5) is 23.8. The Morgan fingerprint density at radius 2 is 1.85 bits per heavy atom. The van der Waals surface area contributed by atoms with Gasteiger partial charge in [-0.3, -0.25) is 9.48 Å². The average Bonchev–Trinajstić information content (AvgIpc) is 3.20. The Bertz CT molecular complexity index is 1430. The molecule has 1 aliphatic rings. The number of hydrogen-bond donors (Lipinski definition) is 0. The molecule has 0 N–H and O–H groups in total. The third-order valence-electron chi connectivity index (χ3n) is 6.29. The third-order valence-corrected chi connectivity index (χ3v) is 6.29. The fourth-order valence-corrected chi connectivity index (χ4v) is 4.45. The molecule has 0 spiro atoms. The number of aromatic nitrogens is 4. The number of hydrogen-bond acceptors (Lipinski definition) is 4. The second-order valence-corrected chi connectivity index (χ2v) is 8.56. The van der Waals surface area contributed by atoms with Crippen LogP contribution >= 0.6 is 0 Å². The molecular weight excluding hydrogens is 443 g/mol. The molecule has 5 rings (SSSR count). The van der Waals surface area contributed by atoms with Crippen LogP contribution < -0.4 is 4.90 Å². The summed E-state index contributed by atoms with van der Waals surface area (Å²) >= 11 is 0. The van der Waals surface area contributed by atoms with Gasteiger partial charge in [0.1, 0.15) is 5.69 Å². The van der Waals surface area contributed by atoms with Gasteiger partial charge in [-0.2, -0.15) is 18.3 Å². The molecule has 1 unspecified atom stereocenters. The number of halogens is 3. The summed E-state index contributed by atoms with van der Waals surface area (Å²) in [6.07, 6.45) is -0.446. The van der Waals surface area contributed by atoms with Crippen LogP contribution in [-0.4, -0.2) is 32.2 Å². The number of benzene rings is 2. The Balaban J connectivity index is 1.49. The Kier molecular flexibility index (Phi) is 5.15. The standard InChI is InChI=1S/C25H22F3N5O/c1-4-19-13-32(24(34)22-15(3)11-30-33(19)22)21-8-5-16(9-14(21)2)23-29-12-17-10-18(25(26,27)28)6-7-20(17)31-23/h5-12,19H,4,13H2,1-3H3. The minimum Gasteiger partial charge on any atom is -0.305 e. The molecular formula is C25H22F3N5O. The average molecular weight is 465 g/mol. The van der Waals surface area contributed by atoms with Crippen LogP contribution in [0, 0.1) is 13.8 Å². The van der Waals surface area contributed by atoms with Crippen molar-refractivity contribution in [3.8, 4) is 11.4 Å². The number of rotatable bonds is 3. The Morgan fingerprint density at radius 1 is 1.06 bits per heavy atom. The summed E-state index contributed by atoms with van der Waals surface area (Å²) in [5.74, 6) is 0.324. The van der Waals surface area contributed by atoms with E-state index in [-0.39, 0.29) is 11.9 Å². The number of fused-ring (bicyclic) bond motifs is 2. The van der Waals surface area contributed by atoms with Gasteiger partial charge in [0, 0.05) is 34.9 Å². The number of carbonyl (C=O) groups excluding carboxylic acids is 1. The van der Waals surface area contributed by atoms with Gasteiger partial charge in [-0.1, -0.05) is 6.92 Å². The summed E-state index contributed by atoms with van der Waals surface area (Å²) in [7, 11) is 0. The van der Waals surface area contributed by atoms with Gasteiger partial charge in [0.25, 0.3) is 5.91 Å². The summed E-state index contributed by atoms with van der Waals surface area (Å²) < 4.78 is 40.8. The van der Waals surface area contributed by atoms with Crippen LogP contribution in [-0.2, 0) is 6.18 Å². The second kappa shape index (κ2) is 7.93. The number of amides is 1. The van der Waals surface area contributed by atoms with Crippen molar-refractivity contribution in [2.75, 3.05) is 11.4 Å². The molecule has 6 nitrogen and oxygen atoms in total. The van der Waals surface area contributed by atoms with Gasteiger partial charge < -0.3 is 4.90 Å². The molecule has 0 bridgehead atoms. The maximum atomic E-state index is 13.3. The molecule has 0 fully saturated rings. The SMILES string of the molecule is CCC1CN(c2ccc(-c3ncc4cc(C(F)(F)F)ccc4n3)cc2C)C(=O)c2c(C)cnn21. The highest BCUT2D eigenvalue weighted by Gasteiger charge is 2.34. The van der Waals surface area contributed by atoms with Crippen molar-refractivity contribution < 1.29 is 18.0 Å². The highest BCUT2D eigenvalue weighted by atomic mass is 19.4. The molecule has 2 aromatic heterocycles. The number of anilines is 1. The lowest BCUT2D eigenvalue weighted by Crippen LogP contribution is -2.44. The van der Waals surface area contributed by atoms with E-state index < -0.39 is 11.7 Å². The smallest absolute Gasteiger partial charge is 0.305 e. The van der Waals surface area contributed by atoms with Gasteiger partial charge in [0.15, 0.2) is 5.82 Å². The first-order valence-corrected chi connectivity index (χ1v) is 11.0. The van der Waals surface area contributed by atoms with Crippen molar-refractivity contribution in [2.24, 2.45) is 0 Å². The number of alkyl halides is 3. The first-order chi connectivity index (χ1) is 16.2. The Hall–Kier alpha value is -3.75. The predicted molar refractivity (Wildman–Crippen MR) is 123 cm³/mol. The molecule has 1 atom stereocenters. The van der Waals surface area contributed by atoms with E-state index in [9.17, 15) is 18.0 Å². The molecule has 4 aromatic rings. The Labute approximate surface area is 194 Å². The number of nitrogens with zero attached hydrogens (tertiary/aromatic N) is 5. The second-order valence-electron chi connectivity index (χ2n) is 8.56. The molecule has 1 aliphatic heterocycles. The lowest BCUT2D eigenvalue weighted by molar-refractivity contribution is -0.137. The van der Waals surface area contributed by atoms with Gasteiger partial charge in [0.2, 0.25) is 0 Å². The van der Waals surface area contributed by atoms with Crippen molar-refractivity contribution in [1.29, 1.82) is 0 Å². The molecule has 34 heavy (non-hydrogen) atoms. The van der Waals surface area contributed by atoms with E-state index in [0.717, 1.165) is 40.9 Å². The van der Waals surface area contributed by atoms with Crippen molar-refractivity contribution >= 4 is 22.5 Å². The van der Waals surface area contributed by atoms with Crippen LogP contribution in [0.25, 0.3) is 22.3 Å². The molecule has 9 heteroatoms. The minimum absolute atomic E-state index is 0.0852. The van der Waals surface area contributed by atoms with E-state index >= 15 is 0 Å². The lowest BCUT2D eigenvalue weighted by atomic mass is 10.0. The largest absolute Gasteiger partial charge is 0.416 e. The van der Waals surface area contributed by atoms with Gasteiger partial charge in [0.05, 0.1) is 23.3 Å². The first kappa shape index (κ1) is 22.1. The summed E-state index contributed by atoms with van der Waals surface area (Å²) in [6.45, 7) is 6.40. The zero-order valence-electron chi connectivity index (χ0n) is 18.9. The minimum atomic E-state index is -4.42. The molecule has 174 valence electrons. The highest BCUT2D eigenvalue weighted by Crippen LogP contribution is 2.34. The topological polar surface area (TPSA) is 63.9 Å². The van der Waals surface area contributed by atoms with E-state index in [0.29, 0.717) is 29.0 Å². The fraction of sp³-hybridized carbons (Fsp3) is 0.280. The van der Waals surface area contributed by atoms with Crippen molar-refractivity contribution in [1.82, 2.24) is 19.7 Å². The monoisotopic (exact) mass is 465 g/mol. The Morgan fingerprint density at radius 3 is 2.56 bits per heavy atom. The van der Waals surface area contributed by atoms with Crippen molar-refractivity contribution in [2.45, 2.75) is 39.4 Å². The number of aryl methyl sites for hydroxylation is 2. The molecule has 0 radical (unpaired) electrons. The van der Waals surface area contributed by atoms with Gasteiger partial charge in [-0.05, 0) is 62.2 Å². The zero-order valence-corrected chi connectivity index (χ0v) is 18.9. The van der Waals surface area contributed by atoms with Crippen LogP contribution in [0.3, 0.4) is 0 Å². The van der Waals surface area contributed by atoms with E-state index in [1.807, 2.05) is 36.7 Å². The van der Waals surface area contributed by atoms with Crippen molar-refractivity contribution in [3.05, 3.63) is 71.2 Å². The van der Waals surface area contributed by atoms with Crippen LogP contribution in [0.4, 0.5) is 18.9 Å². The lowest BCUT2D eigenvalue weighted by Gasteiger charge is -2.34. The third kappa shape index (κ3) is 3.61. The van der Waals surface area contributed by atoms with Crippen LogP contribution in [0.2, 0.25) is 0 Å². The highest BCUT2D eigenvalue weighted by molar-refractivity contribution is 6.07. The molecule has 1 amide bonds. The molecule has 2 aromatic carbocycles. The summed E-state index contributed by atoms with van der Waals surface area (Å²) in [5, 5.41) is 4.72. The summed E-state index contributed by atoms with van der Waals surface area (Å²) in [5.41, 5.74) is 3.56. The van der Waals surface area contributed by atoms with Gasteiger partial charge >= 0.3 is 6.18 Å². The van der Waals surface area contributed by atoms with Crippen LogP contribution in [0.1, 0.15) is 46.6 Å². The fourth-order valence-electron chi connectivity index (χ4n) is 4.45. The van der Waals surface area contributed by atoms with E-state index in [2.05, 4.69) is 22.0 Å². The molecule has 0 saturated heterocycles. The summed E-state index contributed by atoms with van der Waals surface area (Å²) in [6, 6.07) is 9.11. The quantitative estimate of drug-likeness (QED) is 0.387. The molecule has 3 heterocycles. The number of carbonyl (C=O) groups is 1. The zero-order chi connectivity index (χ0) is 24.2. The predicted octanol–water partition coefficient (Wildman–Crippen LogP) is 5.74. The van der Waals surface area contributed by atoms with E-state index in [1.165, 1.54) is 12.3 Å². The molecule has 0 saturated carbocycles. The van der Waals surface area contributed by atoms with E-state index in [4.69, 9.17) is 0 Å². The van der Waals surface area contributed by atoms with E-state index in [1.54, 1.807) is 11.1 Å². The van der Waals surface area contributed by atoms with Crippen LogP contribution in [0.5, 0.6) is 0 Å². The van der Waals surface area contributed by atoms with Crippen molar-refractivity contribution in [3.63, 3.8) is 0 Å². The maximum absolute atomic E-state index is 13.3. The maximum Gasteiger partial charge on any atom is 0.416 e. The van der Waals surface area contributed by atoms with Gasteiger partial charge in [-0.25, -0.2) is 9.97 Å². The van der Waals surface area contributed by atoms with Gasteiger partial charge in [-0.15, -0.1) is 0 Å². The normalized spacial score (nSPS) is 16.2.